The molecule has 0 aromatic rings. The molecule has 0 aliphatic carbocycles. The van der Waals surface area contributed by atoms with Crippen LogP contribution in [0.3, 0.4) is 0 Å². The van der Waals surface area contributed by atoms with Crippen LogP contribution in [-0.4, -0.2) is 57.3 Å². The van der Waals surface area contributed by atoms with Crippen LogP contribution in [0.5, 0.6) is 0 Å². The summed E-state index contributed by atoms with van der Waals surface area (Å²) in [5, 5.41) is 0. The quantitative estimate of drug-likeness (QED) is 0.275. The summed E-state index contributed by atoms with van der Waals surface area (Å²) in [6, 6.07) is 0.805. The van der Waals surface area contributed by atoms with Crippen molar-refractivity contribution in [1.82, 2.24) is 0 Å². The maximum Gasteiger partial charge on any atom is 0.529 e. The molecule has 0 aromatic heterocycles. The van der Waals surface area contributed by atoms with Gasteiger partial charge in [-0.1, -0.05) is 6.08 Å². The highest BCUT2D eigenvalue weighted by Crippen LogP contribution is 2.20. The second-order valence-electron chi connectivity index (χ2n) is 5.18. The molecule has 0 rings (SSSR count). The van der Waals surface area contributed by atoms with Crippen LogP contribution in [-0.2, 0) is 26.6 Å². The second-order valence-corrected chi connectivity index (χ2v) is 10.3. The predicted molar refractivity (Wildman–Crippen MR) is 104 cm³/mol. The molecule has 25 heavy (non-hydrogen) atoms. The van der Waals surface area contributed by atoms with Gasteiger partial charge in [-0.05, 0) is 60.1 Å². The summed E-state index contributed by atoms with van der Waals surface area (Å²) < 4.78 is 35.1. The fourth-order valence-corrected chi connectivity index (χ4v) is 7.38. The van der Waals surface area contributed by atoms with Crippen molar-refractivity contribution >= 4 is 17.6 Å². The third-order valence-corrected chi connectivity index (χ3v) is 9.17. The van der Waals surface area contributed by atoms with Gasteiger partial charge in [0.15, 0.2) is 0 Å². The zero-order chi connectivity index (χ0) is 19.0. The summed E-state index contributed by atoms with van der Waals surface area (Å²) in [5.74, 6) is 0. The van der Waals surface area contributed by atoms with Crippen LogP contribution in [0.25, 0.3) is 0 Å². The van der Waals surface area contributed by atoms with Gasteiger partial charge in [0.05, 0.1) is 0 Å². The molecule has 0 fully saturated rings. The predicted octanol–water partition coefficient (Wildman–Crippen LogP) is 3.96. The fraction of sp³-hybridized carbons (Fsp3) is 0.882. The lowest BCUT2D eigenvalue weighted by Gasteiger charge is -2.28. The monoisotopic (exact) mass is 394 g/mol. The summed E-state index contributed by atoms with van der Waals surface area (Å²) in [5.41, 5.74) is 1.99. The van der Waals surface area contributed by atoms with Gasteiger partial charge in [0.25, 0.3) is 0 Å². The van der Waals surface area contributed by atoms with Crippen molar-refractivity contribution in [3.63, 3.8) is 0 Å². The first-order valence-corrected chi connectivity index (χ1v) is 13.3. The van der Waals surface area contributed by atoms with E-state index in [0.717, 1.165) is 18.9 Å². The minimum absolute atomic E-state index is 0.575. The number of hydrogen-bond acceptors (Lipinski definition) is 6. The lowest BCUT2D eigenvalue weighted by atomic mass is 10.3. The van der Waals surface area contributed by atoms with Crippen LogP contribution in [0.2, 0.25) is 6.04 Å². The molecule has 8 heteroatoms. The van der Waals surface area contributed by atoms with E-state index in [2.05, 4.69) is 6.08 Å². The van der Waals surface area contributed by atoms with Crippen molar-refractivity contribution in [2.45, 2.75) is 60.4 Å². The van der Waals surface area contributed by atoms with E-state index in [1.54, 1.807) is 0 Å². The van der Waals surface area contributed by atoms with Gasteiger partial charge in [0, 0.05) is 45.7 Å². The molecular formula is C17H38O6Si2. The average Bonchev–Trinajstić information content (AvgIpc) is 2.56. The summed E-state index contributed by atoms with van der Waals surface area (Å²) in [6.07, 6.45) is 3.90. The Kier molecular flexibility index (Phi) is 15.0. The number of unbranched alkanes of at least 4 members (excludes halogenated alkanes) is 1. The highest BCUT2D eigenvalue weighted by molar-refractivity contribution is 6.66. The molecule has 0 saturated heterocycles. The van der Waals surface area contributed by atoms with Crippen LogP contribution in [0.1, 0.15) is 54.4 Å². The molecule has 0 radical (unpaired) electrons. The first-order valence-electron chi connectivity index (χ1n) is 9.58. The molecule has 0 aliphatic heterocycles. The van der Waals surface area contributed by atoms with E-state index < -0.39 is 17.6 Å². The van der Waals surface area contributed by atoms with E-state index in [0.29, 0.717) is 39.6 Å². The van der Waals surface area contributed by atoms with E-state index in [1.807, 2.05) is 47.2 Å². The SMILES string of the molecule is CCO[Si](C=CCCC[Si](OCC)(OCC)OCC)(OCC)OCC. The van der Waals surface area contributed by atoms with Gasteiger partial charge in [0.1, 0.15) is 0 Å². The standard InChI is InChI=1S/C17H38O6Si2/c1-7-18-24(19-8-2,20-9-3)16-14-13-15-17-25(21-10-4,22-11-5)23-12-6/h14,16H,7-13,15,17H2,1-6H3. The minimum atomic E-state index is -2.70. The van der Waals surface area contributed by atoms with E-state index in [-0.39, 0.29) is 0 Å². The minimum Gasteiger partial charge on any atom is -0.374 e. The van der Waals surface area contributed by atoms with Crippen molar-refractivity contribution in [2.24, 2.45) is 0 Å². The molecular weight excluding hydrogens is 356 g/mol. The first-order chi connectivity index (χ1) is 12.1. The molecule has 0 heterocycles. The Balaban J connectivity index is 4.72. The number of hydrogen-bond donors (Lipinski definition) is 0. The third kappa shape index (κ3) is 10.00. The zero-order valence-corrected chi connectivity index (χ0v) is 19.0. The topological polar surface area (TPSA) is 55.4 Å². The molecule has 0 aromatic carbocycles. The molecule has 0 bridgehead atoms. The van der Waals surface area contributed by atoms with E-state index in [4.69, 9.17) is 26.6 Å². The Morgan fingerprint density at radius 2 is 1.00 bits per heavy atom. The normalized spacial score (nSPS) is 13.0. The molecule has 0 atom stereocenters. The van der Waals surface area contributed by atoms with E-state index >= 15 is 0 Å². The smallest absolute Gasteiger partial charge is 0.374 e. The van der Waals surface area contributed by atoms with Crippen molar-refractivity contribution in [3.8, 4) is 0 Å². The highest BCUT2D eigenvalue weighted by atomic mass is 28.4. The molecule has 0 unspecified atom stereocenters. The largest absolute Gasteiger partial charge is 0.529 e. The Hall–Kier alpha value is -0.0662. The van der Waals surface area contributed by atoms with Gasteiger partial charge in [-0.25, -0.2) is 0 Å². The van der Waals surface area contributed by atoms with Crippen LogP contribution in [0.4, 0.5) is 0 Å². The van der Waals surface area contributed by atoms with Gasteiger partial charge in [-0.2, -0.15) is 0 Å². The summed E-state index contributed by atoms with van der Waals surface area (Å²) >= 11 is 0. The molecule has 0 saturated carbocycles. The maximum absolute atomic E-state index is 5.88. The Labute approximate surface area is 156 Å². The maximum atomic E-state index is 5.88. The van der Waals surface area contributed by atoms with Gasteiger partial charge in [-0.15, -0.1) is 0 Å². The van der Waals surface area contributed by atoms with Crippen LogP contribution in [0, 0.1) is 0 Å². The third-order valence-electron chi connectivity index (χ3n) is 3.31. The van der Waals surface area contributed by atoms with Crippen molar-refractivity contribution in [1.29, 1.82) is 0 Å². The number of rotatable bonds is 17. The molecule has 0 N–H and O–H groups in total. The van der Waals surface area contributed by atoms with E-state index in [9.17, 15) is 0 Å². The lowest BCUT2D eigenvalue weighted by molar-refractivity contribution is 0.0709. The summed E-state index contributed by atoms with van der Waals surface area (Å²) in [4.78, 5) is 0. The van der Waals surface area contributed by atoms with Crippen molar-refractivity contribution in [2.75, 3.05) is 39.6 Å². The fourth-order valence-electron chi connectivity index (χ4n) is 2.54. The zero-order valence-electron chi connectivity index (χ0n) is 17.0. The first kappa shape index (κ1) is 24.9. The average molecular weight is 395 g/mol. The Morgan fingerprint density at radius 3 is 1.36 bits per heavy atom. The highest BCUT2D eigenvalue weighted by Gasteiger charge is 2.40. The van der Waals surface area contributed by atoms with Gasteiger partial charge in [-0.3, -0.25) is 0 Å². The summed E-state index contributed by atoms with van der Waals surface area (Å²) in [6.45, 7) is 15.4. The lowest BCUT2D eigenvalue weighted by Crippen LogP contribution is -2.46. The molecule has 0 amide bonds. The van der Waals surface area contributed by atoms with Crippen molar-refractivity contribution < 1.29 is 26.6 Å². The molecule has 6 nitrogen and oxygen atoms in total. The molecule has 0 aliphatic rings. The Bertz CT molecular complexity index is 307. The summed E-state index contributed by atoms with van der Waals surface area (Å²) in [7, 11) is -5.25. The van der Waals surface area contributed by atoms with Crippen LogP contribution < -0.4 is 0 Å². The number of allylic oxidation sites excluding steroid dienone is 1. The molecule has 150 valence electrons. The molecule has 0 spiro atoms. The second kappa shape index (κ2) is 15.0. The van der Waals surface area contributed by atoms with Crippen LogP contribution >= 0.6 is 0 Å². The van der Waals surface area contributed by atoms with Crippen molar-refractivity contribution in [3.05, 3.63) is 11.8 Å². The van der Waals surface area contributed by atoms with Gasteiger partial charge >= 0.3 is 17.6 Å². The van der Waals surface area contributed by atoms with E-state index in [1.165, 1.54) is 0 Å². The van der Waals surface area contributed by atoms with Gasteiger partial charge < -0.3 is 26.6 Å². The van der Waals surface area contributed by atoms with Gasteiger partial charge in [0.2, 0.25) is 0 Å². The Morgan fingerprint density at radius 1 is 0.600 bits per heavy atom. The van der Waals surface area contributed by atoms with Crippen LogP contribution in [0.15, 0.2) is 11.8 Å².